The maximum Gasteiger partial charge on any atom is 0.274 e. The van der Waals surface area contributed by atoms with Gasteiger partial charge in [-0.25, -0.2) is 4.68 Å². The molecule has 1 aromatic carbocycles. The van der Waals surface area contributed by atoms with Crippen molar-refractivity contribution in [3.05, 3.63) is 60.0 Å². The van der Waals surface area contributed by atoms with Gasteiger partial charge < -0.3 is 5.32 Å². The molecule has 0 radical (unpaired) electrons. The smallest absolute Gasteiger partial charge is 0.274 e. The van der Waals surface area contributed by atoms with Crippen LogP contribution in [0.3, 0.4) is 0 Å². The Balaban J connectivity index is 2.13. The van der Waals surface area contributed by atoms with E-state index in [1.54, 1.807) is 17.1 Å². The summed E-state index contributed by atoms with van der Waals surface area (Å²) in [6, 6.07) is 11.8. The number of carbonyl (C=O) groups is 1. The Morgan fingerprint density at radius 2 is 1.96 bits per heavy atom. The molecule has 24 heavy (non-hydrogen) atoms. The van der Waals surface area contributed by atoms with Gasteiger partial charge in [0.15, 0.2) is 5.69 Å². The first-order valence-electron chi connectivity index (χ1n) is 7.98. The van der Waals surface area contributed by atoms with E-state index < -0.39 is 0 Å². The molecule has 0 unspecified atom stereocenters. The number of amides is 1. The maximum absolute atomic E-state index is 12.3. The summed E-state index contributed by atoms with van der Waals surface area (Å²) in [4.78, 5) is 16.5. The summed E-state index contributed by atoms with van der Waals surface area (Å²) in [5, 5.41) is 11.1. The van der Waals surface area contributed by atoms with Crippen molar-refractivity contribution in [2.75, 3.05) is 6.54 Å². The molecular formula is C18H19N5O. The Morgan fingerprint density at radius 1 is 1.17 bits per heavy atom. The van der Waals surface area contributed by atoms with E-state index >= 15 is 0 Å². The van der Waals surface area contributed by atoms with Gasteiger partial charge in [0.25, 0.3) is 5.91 Å². The van der Waals surface area contributed by atoms with Gasteiger partial charge in [0.1, 0.15) is 5.69 Å². The first kappa shape index (κ1) is 15.9. The zero-order valence-corrected chi connectivity index (χ0v) is 13.7. The maximum atomic E-state index is 12.3. The summed E-state index contributed by atoms with van der Waals surface area (Å²) < 4.78 is 1.68. The average molecular weight is 321 g/mol. The second kappa shape index (κ2) is 7.04. The van der Waals surface area contributed by atoms with Gasteiger partial charge in [-0.2, -0.15) is 0 Å². The minimum Gasteiger partial charge on any atom is -0.351 e. The van der Waals surface area contributed by atoms with Crippen molar-refractivity contribution < 1.29 is 4.79 Å². The second-order valence-electron chi connectivity index (χ2n) is 5.32. The Labute approximate surface area is 140 Å². The lowest BCUT2D eigenvalue weighted by molar-refractivity contribution is 0.0951. The first-order valence-corrected chi connectivity index (χ1v) is 7.98. The third-order valence-corrected chi connectivity index (χ3v) is 3.75. The highest BCUT2D eigenvalue weighted by molar-refractivity contribution is 5.98. The van der Waals surface area contributed by atoms with Gasteiger partial charge >= 0.3 is 0 Å². The van der Waals surface area contributed by atoms with Gasteiger partial charge in [0, 0.05) is 24.5 Å². The number of benzene rings is 1. The van der Waals surface area contributed by atoms with Crippen molar-refractivity contribution in [1.29, 1.82) is 0 Å². The molecule has 2 aromatic heterocycles. The van der Waals surface area contributed by atoms with E-state index in [9.17, 15) is 4.79 Å². The number of carbonyl (C=O) groups excluding carboxylic acids is 1. The molecule has 0 spiro atoms. The molecule has 0 atom stereocenters. The lowest BCUT2D eigenvalue weighted by Crippen LogP contribution is -2.23. The van der Waals surface area contributed by atoms with Crippen LogP contribution in [0.15, 0.2) is 48.8 Å². The van der Waals surface area contributed by atoms with Crippen molar-refractivity contribution in [3.63, 3.8) is 0 Å². The number of nitrogens with zero attached hydrogens (tertiary/aromatic N) is 4. The summed E-state index contributed by atoms with van der Waals surface area (Å²) in [6.07, 6.45) is 4.37. The van der Waals surface area contributed by atoms with Crippen LogP contribution in [-0.2, 0) is 6.42 Å². The van der Waals surface area contributed by atoms with Crippen LogP contribution < -0.4 is 5.32 Å². The van der Waals surface area contributed by atoms with E-state index in [2.05, 4.69) is 39.7 Å². The molecule has 0 bridgehead atoms. The molecule has 0 fully saturated rings. The number of rotatable bonds is 5. The van der Waals surface area contributed by atoms with Crippen LogP contribution >= 0.6 is 0 Å². The zero-order valence-electron chi connectivity index (χ0n) is 13.7. The summed E-state index contributed by atoms with van der Waals surface area (Å²) in [7, 11) is 0. The monoisotopic (exact) mass is 321 g/mol. The lowest BCUT2D eigenvalue weighted by Gasteiger charge is -2.08. The molecule has 122 valence electrons. The standard InChI is InChI=1S/C18H19N5O/c1-3-13-7-9-15(10-8-13)23-17(14-6-5-11-19-12-14)16(21-22-23)18(24)20-4-2/h5-12H,3-4H2,1-2H3,(H,20,24). The van der Waals surface area contributed by atoms with Gasteiger partial charge in [-0.05, 0) is 43.2 Å². The number of aromatic nitrogens is 4. The van der Waals surface area contributed by atoms with Gasteiger partial charge in [-0.3, -0.25) is 9.78 Å². The number of hydrogen-bond acceptors (Lipinski definition) is 4. The van der Waals surface area contributed by atoms with Gasteiger partial charge in [0.2, 0.25) is 0 Å². The fraction of sp³-hybridized carbons (Fsp3) is 0.222. The fourth-order valence-electron chi connectivity index (χ4n) is 2.49. The number of pyridine rings is 1. The molecule has 2 heterocycles. The van der Waals surface area contributed by atoms with Crippen LogP contribution in [0.4, 0.5) is 0 Å². The zero-order chi connectivity index (χ0) is 16.9. The summed E-state index contributed by atoms with van der Waals surface area (Å²) in [5.41, 5.74) is 3.82. The predicted molar refractivity (Wildman–Crippen MR) is 92.0 cm³/mol. The van der Waals surface area contributed by atoms with Gasteiger partial charge in [0.05, 0.1) is 5.69 Å². The molecule has 0 saturated heterocycles. The highest BCUT2D eigenvalue weighted by Gasteiger charge is 2.21. The van der Waals surface area contributed by atoms with Crippen molar-refractivity contribution in [1.82, 2.24) is 25.3 Å². The van der Waals surface area contributed by atoms with Crippen LogP contribution in [-0.4, -0.2) is 32.4 Å². The molecule has 0 aliphatic heterocycles. The predicted octanol–water partition coefficient (Wildman–Crippen LogP) is 2.64. The normalized spacial score (nSPS) is 10.6. The van der Waals surface area contributed by atoms with Crippen LogP contribution in [0.2, 0.25) is 0 Å². The average Bonchev–Trinajstić information content (AvgIpc) is 3.08. The Hall–Kier alpha value is -3.02. The van der Waals surface area contributed by atoms with Gasteiger partial charge in [-0.15, -0.1) is 5.10 Å². The largest absolute Gasteiger partial charge is 0.351 e. The Bertz CT molecular complexity index is 824. The molecule has 1 amide bonds. The topological polar surface area (TPSA) is 72.7 Å². The van der Waals surface area contributed by atoms with Crippen molar-refractivity contribution in [2.45, 2.75) is 20.3 Å². The molecule has 6 nitrogen and oxygen atoms in total. The van der Waals surface area contributed by atoms with Crippen LogP contribution in [0.1, 0.15) is 29.9 Å². The minimum atomic E-state index is -0.243. The highest BCUT2D eigenvalue weighted by Crippen LogP contribution is 2.24. The molecule has 0 aliphatic rings. The molecule has 3 aromatic rings. The number of nitrogens with one attached hydrogen (secondary N) is 1. The van der Waals surface area contributed by atoms with Crippen LogP contribution in [0, 0.1) is 0 Å². The van der Waals surface area contributed by atoms with E-state index in [0.717, 1.165) is 17.7 Å². The molecule has 3 rings (SSSR count). The number of hydrogen-bond donors (Lipinski definition) is 1. The van der Waals surface area contributed by atoms with Crippen molar-refractivity contribution in [2.24, 2.45) is 0 Å². The fourth-order valence-corrected chi connectivity index (χ4v) is 2.49. The lowest BCUT2D eigenvalue weighted by atomic mass is 10.1. The van der Waals surface area contributed by atoms with E-state index in [0.29, 0.717) is 17.9 Å². The van der Waals surface area contributed by atoms with Gasteiger partial charge in [-0.1, -0.05) is 24.3 Å². The number of aryl methyl sites for hydroxylation is 1. The summed E-state index contributed by atoms with van der Waals surface area (Å²) in [5.74, 6) is -0.243. The third kappa shape index (κ3) is 3.03. The van der Waals surface area contributed by atoms with E-state index in [-0.39, 0.29) is 5.91 Å². The molecule has 0 saturated carbocycles. The molecule has 1 N–H and O–H groups in total. The van der Waals surface area contributed by atoms with Crippen LogP contribution in [0.5, 0.6) is 0 Å². The summed E-state index contributed by atoms with van der Waals surface area (Å²) >= 11 is 0. The highest BCUT2D eigenvalue weighted by atomic mass is 16.2. The minimum absolute atomic E-state index is 0.243. The van der Waals surface area contributed by atoms with E-state index in [1.807, 2.05) is 31.2 Å². The Morgan fingerprint density at radius 3 is 2.58 bits per heavy atom. The van der Waals surface area contributed by atoms with E-state index in [1.165, 1.54) is 5.56 Å². The third-order valence-electron chi connectivity index (χ3n) is 3.75. The molecule has 6 heteroatoms. The molecule has 0 aliphatic carbocycles. The second-order valence-corrected chi connectivity index (χ2v) is 5.32. The summed E-state index contributed by atoms with van der Waals surface area (Å²) in [6.45, 7) is 4.51. The SMILES string of the molecule is CCNC(=O)c1nnn(-c2ccc(CC)cc2)c1-c1cccnc1. The quantitative estimate of drug-likeness (QED) is 0.784. The van der Waals surface area contributed by atoms with Crippen LogP contribution in [0.25, 0.3) is 16.9 Å². The van der Waals surface area contributed by atoms with Crippen molar-refractivity contribution >= 4 is 5.91 Å². The van der Waals surface area contributed by atoms with E-state index in [4.69, 9.17) is 0 Å². The Kier molecular flexibility index (Phi) is 4.65. The van der Waals surface area contributed by atoms with Crippen molar-refractivity contribution in [3.8, 4) is 16.9 Å². The first-order chi connectivity index (χ1) is 11.7. The molecular weight excluding hydrogens is 302 g/mol.